The van der Waals surface area contributed by atoms with E-state index in [1.807, 2.05) is 6.08 Å². The highest BCUT2D eigenvalue weighted by Gasteiger charge is 2.25. The summed E-state index contributed by atoms with van der Waals surface area (Å²) in [5, 5.41) is 9.28. The Labute approximate surface area is 110 Å². The molecule has 2 unspecified atom stereocenters. The predicted octanol–water partition coefficient (Wildman–Crippen LogP) is 1.26. The van der Waals surface area contributed by atoms with Crippen molar-refractivity contribution in [3.05, 3.63) is 12.7 Å². The Kier molecular flexibility index (Phi) is 6.36. The van der Waals surface area contributed by atoms with Crippen LogP contribution in [-0.4, -0.2) is 59.1 Å². The normalized spacial score (nSPS) is 20.5. The first kappa shape index (κ1) is 15.2. The number of allylic oxidation sites excluding steroid dienone is 1. The quantitative estimate of drug-likeness (QED) is 0.573. The number of rotatable bonds is 6. The smallest absolute Gasteiger partial charge is 0.251 e. The van der Waals surface area contributed by atoms with Crippen molar-refractivity contribution in [1.29, 1.82) is 0 Å². The number of amides is 1. The minimum absolute atomic E-state index is 0.144. The third-order valence-corrected chi connectivity index (χ3v) is 3.64. The first-order valence-corrected chi connectivity index (χ1v) is 6.88. The Morgan fingerprint density at radius 2 is 1.94 bits per heavy atom. The van der Waals surface area contributed by atoms with Gasteiger partial charge < -0.3 is 10.0 Å². The van der Waals surface area contributed by atoms with Crippen LogP contribution < -0.4 is 0 Å². The molecule has 0 aromatic carbocycles. The lowest BCUT2D eigenvalue weighted by Gasteiger charge is -2.38. The second-order valence-electron chi connectivity index (χ2n) is 5.11. The summed E-state index contributed by atoms with van der Waals surface area (Å²) < 4.78 is 0. The molecule has 4 nitrogen and oxygen atoms in total. The summed E-state index contributed by atoms with van der Waals surface area (Å²) in [5.41, 5.74) is 0. The highest BCUT2D eigenvalue weighted by atomic mass is 16.3. The van der Waals surface area contributed by atoms with Crippen molar-refractivity contribution in [3.8, 4) is 0 Å². The fourth-order valence-corrected chi connectivity index (χ4v) is 2.39. The van der Waals surface area contributed by atoms with Gasteiger partial charge in [-0.2, -0.15) is 0 Å². The molecule has 0 radical (unpaired) electrons. The van der Waals surface area contributed by atoms with E-state index in [2.05, 4.69) is 18.4 Å². The van der Waals surface area contributed by atoms with Crippen LogP contribution in [0.4, 0.5) is 0 Å². The van der Waals surface area contributed by atoms with E-state index in [1.54, 1.807) is 4.90 Å². The highest BCUT2D eigenvalue weighted by molar-refractivity contribution is 5.80. The molecule has 0 aromatic rings. The molecule has 2 atom stereocenters. The summed E-state index contributed by atoms with van der Waals surface area (Å²) in [6, 6.07) is 0.564. The van der Waals surface area contributed by atoms with Gasteiger partial charge in [0.05, 0.1) is 0 Å². The van der Waals surface area contributed by atoms with Crippen molar-refractivity contribution in [2.75, 3.05) is 26.2 Å². The highest BCUT2D eigenvalue weighted by Crippen LogP contribution is 2.12. The first-order chi connectivity index (χ1) is 8.56. The van der Waals surface area contributed by atoms with E-state index in [0.717, 1.165) is 32.6 Å². The molecule has 1 heterocycles. The van der Waals surface area contributed by atoms with E-state index in [9.17, 15) is 9.90 Å². The molecule has 1 saturated heterocycles. The first-order valence-electron chi connectivity index (χ1n) is 6.88. The molecule has 0 spiro atoms. The minimum atomic E-state index is -0.874. The Balaban J connectivity index is 2.30. The monoisotopic (exact) mass is 254 g/mol. The molecule has 18 heavy (non-hydrogen) atoms. The predicted molar refractivity (Wildman–Crippen MR) is 73.3 cm³/mol. The molecule has 0 bridgehead atoms. The zero-order valence-corrected chi connectivity index (χ0v) is 11.6. The van der Waals surface area contributed by atoms with Crippen LogP contribution >= 0.6 is 0 Å². The van der Waals surface area contributed by atoms with Gasteiger partial charge >= 0.3 is 0 Å². The number of hydrogen-bond acceptors (Lipinski definition) is 3. The van der Waals surface area contributed by atoms with E-state index in [1.165, 1.54) is 19.8 Å². The lowest BCUT2D eigenvalue weighted by Crippen LogP contribution is -2.53. The summed E-state index contributed by atoms with van der Waals surface area (Å²) >= 11 is 0. The number of hydrogen-bond donors (Lipinski definition) is 1. The van der Waals surface area contributed by atoms with Crippen LogP contribution in [0.2, 0.25) is 0 Å². The fourth-order valence-electron chi connectivity index (χ4n) is 2.39. The van der Waals surface area contributed by atoms with Gasteiger partial charge in [0.15, 0.2) is 0 Å². The zero-order valence-electron chi connectivity index (χ0n) is 11.6. The van der Waals surface area contributed by atoms with Crippen LogP contribution in [0.5, 0.6) is 0 Å². The molecule has 1 aliphatic rings. The molecule has 0 aromatic heterocycles. The van der Waals surface area contributed by atoms with Crippen molar-refractivity contribution in [3.63, 3.8) is 0 Å². The van der Waals surface area contributed by atoms with Gasteiger partial charge in [-0.1, -0.05) is 6.08 Å². The number of carbonyl (C=O) groups excluding carboxylic acids is 1. The number of carbonyl (C=O) groups is 1. The van der Waals surface area contributed by atoms with Gasteiger partial charge in [0.25, 0.3) is 5.91 Å². The van der Waals surface area contributed by atoms with Crippen LogP contribution in [0.25, 0.3) is 0 Å². The Morgan fingerprint density at radius 1 is 1.33 bits per heavy atom. The SMILES string of the molecule is C=CCCCC(C)N1CCN(C(=O)C(C)O)CC1. The summed E-state index contributed by atoms with van der Waals surface area (Å²) in [6.07, 6.45) is 4.52. The second kappa shape index (κ2) is 7.54. The maximum absolute atomic E-state index is 11.6. The van der Waals surface area contributed by atoms with Gasteiger partial charge in [0.1, 0.15) is 6.10 Å². The fraction of sp³-hybridized carbons (Fsp3) is 0.786. The number of nitrogens with zero attached hydrogens (tertiary/aromatic N) is 2. The van der Waals surface area contributed by atoms with Crippen LogP contribution in [0.15, 0.2) is 12.7 Å². The van der Waals surface area contributed by atoms with E-state index < -0.39 is 6.10 Å². The zero-order chi connectivity index (χ0) is 13.5. The minimum Gasteiger partial charge on any atom is -0.384 e. The molecular weight excluding hydrogens is 228 g/mol. The lowest BCUT2D eigenvalue weighted by atomic mass is 10.1. The topological polar surface area (TPSA) is 43.8 Å². The Morgan fingerprint density at radius 3 is 2.44 bits per heavy atom. The number of piperazine rings is 1. The molecule has 1 rings (SSSR count). The van der Waals surface area contributed by atoms with Crippen molar-refractivity contribution in [1.82, 2.24) is 9.80 Å². The van der Waals surface area contributed by atoms with E-state index in [-0.39, 0.29) is 5.91 Å². The largest absolute Gasteiger partial charge is 0.384 e. The summed E-state index contributed by atoms with van der Waals surface area (Å²) in [6.45, 7) is 10.8. The number of aliphatic hydroxyl groups excluding tert-OH is 1. The standard InChI is InChI=1S/C14H26N2O2/c1-4-5-6-7-12(2)15-8-10-16(11-9-15)14(18)13(3)17/h4,12-13,17H,1,5-11H2,2-3H3. The molecule has 4 heteroatoms. The molecule has 0 saturated carbocycles. The van der Waals surface area contributed by atoms with Crippen LogP contribution in [0.3, 0.4) is 0 Å². The molecule has 1 N–H and O–H groups in total. The maximum atomic E-state index is 11.6. The molecule has 1 amide bonds. The summed E-state index contributed by atoms with van der Waals surface area (Å²) in [5.74, 6) is -0.144. The van der Waals surface area contributed by atoms with Crippen molar-refractivity contribution in [2.45, 2.75) is 45.3 Å². The van der Waals surface area contributed by atoms with E-state index in [0.29, 0.717) is 6.04 Å². The summed E-state index contributed by atoms with van der Waals surface area (Å²) in [4.78, 5) is 15.8. The van der Waals surface area contributed by atoms with Gasteiger partial charge in [0.2, 0.25) is 0 Å². The van der Waals surface area contributed by atoms with E-state index in [4.69, 9.17) is 0 Å². The van der Waals surface area contributed by atoms with Gasteiger partial charge in [-0.25, -0.2) is 0 Å². The van der Waals surface area contributed by atoms with Gasteiger partial charge in [-0.3, -0.25) is 9.69 Å². The maximum Gasteiger partial charge on any atom is 0.251 e. The molecule has 1 aliphatic heterocycles. The molecule has 104 valence electrons. The van der Waals surface area contributed by atoms with Gasteiger partial charge in [-0.05, 0) is 33.1 Å². The van der Waals surface area contributed by atoms with Gasteiger partial charge in [0, 0.05) is 32.2 Å². The van der Waals surface area contributed by atoms with Gasteiger partial charge in [-0.15, -0.1) is 6.58 Å². The Hall–Kier alpha value is -0.870. The third-order valence-electron chi connectivity index (χ3n) is 3.64. The molecule has 1 fully saturated rings. The van der Waals surface area contributed by atoms with Crippen molar-refractivity contribution in [2.24, 2.45) is 0 Å². The van der Waals surface area contributed by atoms with Crippen LogP contribution in [0, 0.1) is 0 Å². The number of unbranched alkanes of at least 4 members (excludes halogenated alkanes) is 1. The van der Waals surface area contributed by atoms with Crippen molar-refractivity contribution >= 4 is 5.91 Å². The molecule has 0 aliphatic carbocycles. The summed E-state index contributed by atoms with van der Waals surface area (Å²) in [7, 11) is 0. The Bertz CT molecular complexity index is 271. The van der Waals surface area contributed by atoms with Crippen molar-refractivity contribution < 1.29 is 9.90 Å². The molecular formula is C14H26N2O2. The van der Waals surface area contributed by atoms with E-state index >= 15 is 0 Å². The second-order valence-corrected chi connectivity index (χ2v) is 5.11. The van der Waals surface area contributed by atoms with Crippen LogP contribution in [0.1, 0.15) is 33.1 Å². The van der Waals surface area contributed by atoms with Crippen LogP contribution in [-0.2, 0) is 4.79 Å². The average molecular weight is 254 g/mol. The number of aliphatic hydroxyl groups is 1. The average Bonchev–Trinajstić information content (AvgIpc) is 2.38. The lowest BCUT2D eigenvalue weighted by molar-refractivity contribution is -0.141. The third kappa shape index (κ3) is 4.42.